The second kappa shape index (κ2) is 4.30. The Labute approximate surface area is 89.0 Å². The highest BCUT2D eigenvalue weighted by atomic mass is 16.4. The third-order valence-electron chi connectivity index (χ3n) is 2.26. The molecule has 0 unspecified atom stereocenters. The maximum atomic E-state index is 8.94. The van der Waals surface area contributed by atoms with E-state index < -0.39 is 7.12 Å². The second-order valence-corrected chi connectivity index (χ2v) is 3.28. The summed E-state index contributed by atoms with van der Waals surface area (Å²) in [5.41, 5.74) is 2.64. The molecule has 0 heterocycles. The summed E-state index contributed by atoms with van der Waals surface area (Å²) < 4.78 is 0. The number of benzene rings is 2. The molecular formula is C12H10BO2. The van der Waals surface area contributed by atoms with Crippen molar-refractivity contribution in [2.24, 2.45) is 0 Å². The highest BCUT2D eigenvalue weighted by Crippen LogP contribution is 2.16. The predicted molar refractivity (Wildman–Crippen MR) is 60.5 cm³/mol. The normalized spacial score (nSPS) is 10.0. The van der Waals surface area contributed by atoms with Gasteiger partial charge in [0.05, 0.1) is 0 Å². The topological polar surface area (TPSA) is 40.5 Å². The molecule has 0 aliphatic heterocycles. The molecule has 0 aliphatic carbocycles. The van der Waals surface area contributed by atoms with E-state index >= 15 is 0 Å². The molecule has 0 aliphatic rings. The maximum absolute atomic E-state index is 8.94. The lowest BCUT2D eigenvalue weighted by Gasteiger charge is -2.03. The summed E-state index contributed by atoms with van der Waals surface area (Å²) in [6.45, 7) is 0. The first kappa shape index (κ1) is 9.96. The van der Waals surface area contributed by atoms with Gasteiger partial charge in [-0.15, -0.1) is 0 Å². The lowest BCUT2D eigenvalue weighted by molar-refractivity contribution is 0.426. The third kappa shape index (κ3) is 2.26. The standard InChI is InChI=1S/C12H10BO2/c14-13(15)12-8-6-11(7-9-12)10-4-2-1-3-5-10/h2-9,14-15H. The van der Waals surface area contributed by atoms with Crippen molar-refractivity contribution in [3.63, 3.8) is 0 Å². The Morgan fingerprint density at radius 2 is 1.33 bits per heavy atom. The summed E-state index contributed by atoms with van der Waals surface area (Å²) in [7, 11) is -1.40. The summed E-state index contributed by atoms with van der Waals surface area (Å²) in [4.78, 5) is 0. The van der Waals surface area contributed by atoms with Crippen molar-refractivity contribution in [3.05, 3.63) is 54.6 Å². The van der Waals surface area contributed by atoms with Crippen LogP contribution >= 0.6 is 0 Å². The first-order valence-corrected chi connectivity index (χ1v) is 4.70. The van der Waals surface area contributed by atoms with Gasteiger partial charge < -0.3 is 10.0 Å². The van der Waals surface area contributed by atoms with Gasteiger partial charge in [-0.3, -0.25) is 0 Å². The fraction of sp³-hybridized carbons (Fsp3) is 0. The zero-order valence-electron chi connectivity index (χ0n) is 8.09. The number of hydrogen-bond acceptors (Lipinski definition) is 2. The third-order valence-corrected chi connectivity index (χ3v) is 2.26. The molecule has 15 heavy (non-hydrogen) atoms. The van der Waals surface area contributed by atoms with Crippen LogP contribution in [0.5, 0.6) is 0 Å². The molecule has 0 saturated heterocycles. The molecule has 0 fully saturated rings. The molecule has 2 N–H and O–H groups in total. The monoisotopic (exact) mass is 197 g/mol. The SMILES string of the molecule is OB(O)c1ccc(-c2cc[c]cc2)cc1. The summed E-state index contributed by atoms with van der Waals surface area (Å²) in [6, 6.07) is 17.7. The first-order valence-electron chi connectivity index (χ1n) is 4.70. The zero-order chi connectivity index (χ0) is 10.7. The van der Waals surface area contributed by atoms with Crippen LogP contribution in [0.2, 0.25) is 0 Å². The van der Waals surface area contributed by atoms with Gasteiger partial charge in [-0.1, -0.05) is 48.5 Å². The van der Waals surface area contributed by atoms with Crippen molar-refractivity contribution in [2.45, 2.75) is 0 Å². The van der Waals surface area contributed by atoms with Crippen molar-refractivity contribution in [3.8, 4) is 11.1 Å². The maximum Gasteiger partial charge on any atom is 0.488 e. The van der Waals surface area contributed by atoms with Gasteiger partial charge in [-0.2, -0.15) is 0 Å². The van der Waals surface area contributed by atoms with Gasteiger partial charge in [0, 0.05) is 0 Å². The van der Waals surface area contributed by atoms with Crippen LogP contribution in [-0.2, 0) is 0 Å². The van der Waals surface area contributed by atoms with E-state index in [4.69, 9.17) is 10.0 Å². The van der Waals surface area contributed by atoms with Gasteiger partial charge in [0.15, 0.2) is 0 Å². The van der Waals surface area contributed by atoms with Crippen molar-refractivity contribution >= 4 is 12.6 Å². The van der Waals surface area contributed by atoms with Crippen LogP contribution in [-0.4, -0.2) is 17.2 Å². The molecule has 0 aromatic heterocycles. The Bertz CT molecular complexity index is 423. The minimum Gasteiger partial charge on any atom is -0.423 e. The molecule has 2 aromatic rings. The molecule has 1 radical (unpaired) electrons. The largest absolute Gasteiger partial charge is 0.488 e. The van der Waals surface area contributed by atoms with Crippen LogP contribution in [0.1, 0.15) is 0 Å². The quantitative estimate of drug-likeness (QED) is 0.700. The van der Waals surface area contributed by atoms with E-state index in [0.29, 0.717) is 5.46 Å². The van der Waals surface area contributed by atoms with Crippen LogP contribution < -0.4 is 5.46 Å². The van der Waals surface area contributed by atoms with Crippen LogP contribution in [0, 0.1) is 6.07 Å². The van der Waals surface area contributed by atoms with Crippen molar-refractivity contribution in [1.82, 2.24) is 0 Å². The molecular weight excluding hydrogens is 187 g/mol. The Hall–Kier alpha value is -1.58. The Morgan fingerprint density at radius 3 is 1.87 bits per heavy atom. The highest BCUT2D eigenvalue weighted by molar-refractivity contribution is 6.58. The van der Waals surface area contributed by atoms with E-state index in [0.717, 1.165) is 11.1 Å². The van der Waals surface area contributed by atoms with Crippen molar-refractivity contribution < 1.29 is 10.0 Å². The van der Waals surface area contributed by atoms with Crippen LogP contribution in [0.15, 0.2) is 48.5 Å². The fourth-order valence-corrected chi connectivity index (χ4v) is 1.43. The van der Waals surface area contributed by atoms with E-state index in [9.17, 15) is 0 Å². The molecule has 0 amide bonds. The lowest BCUT2D eigenvalue weighted by Crippen LogP contribution is -2.29. The van der Waals surface area contributed by atoms with Gasteiger partial charge in [-0.25, -0.2) is 0 Å². The van der Waals surface area contributed by atoms with E-state index in [1.165, 1.54) is 0 Å². The molecule has 0 atom stereocenters. The summed E-state index contributed by atoms with van der Waals surface area (Å²) in [5, 5.41) is 17.9. The molecule has 0 bridgehead atoms. The van der Waals surface area contributed by atoms with Crippen molar-refractivity contribution in [1.29, 1.82) is 0 Å². The molecule has 73 valence electrons. The highest BCUT2D eigenvalue weighted by Gasteiger charge is 2.09. The Balaban J connectivity index is 2.32. The minimum absolute atomic E-state index is 0.501. The van der Waals surface area contributed by atoms with E-state index in [2.05, 4.69) is 6.07 Å². The number of hydrogen-bond donors (Lipinski definition) is 2. The average Bonchev–Trinajstić information content (AvgIpc) is 2.30. The van der Waals surface area contributed by atoms with Crippen molar-refractivity contribution in [2.75, 3.05) is 0 Å². The molecule has 0 saturated carbocycles. The van der Waals surface area contributed by atoms with E-state index in [1.54, 1.807) is 12.1 Å². The van der Waals surface area contributed by atoms with Gasteiger partial charge in [0.2, 0.25) is 0 Å². The molecule has 2 nitrogen and oxygen atoms in total. The van der Waals surface area contributed by atoms with Crippen LogP contribution in [0.25, 0.3) is 11.1 Å². The molecule has 0 spiro atoms. The second-order valence-electron chi connectivity index (χ2n) is 3.28. The van der Waals surface area contributed by atoms with E-state index in [-0.39, 0.29) is 0 Å². The lowest BCUT2D eigenvalue weighted by atomic mass is 9.80. The summed E-state index contributed by atoms with van der Waals surface area (Å²) >= 11 is 0. The van der Waals surface area contributed by atoms with Crippen LogP contribution in [0.4, 0.5) is 0 Å². The Kier molecular flexibility index (Phi) is 2.85. The fourth-order valence-electron chi connectivity index (χ4n) is 1.43. The van der Waals surface area contributed by atoms with E-state index in [1.807, 2.05) is 36.4 Å². The Morgan fingerprint density at radius 1 is 0.800 bits per heavy atom. The molecule has 2 rings (SSSR count). The zero-order valence-corrected chi connectivity index (χ0v) is 8.09. The average molecular weight is 197 g/mol. The van der Waals surface area contributed by atoms with Crippen LogP contribution in [0.3, 0.4) is 0 Å². The minimum atomic E-state index is -1.40. The smallest absolute Gasteiger partial charge is 0.423 e. The number of rotatable bonds is 2. The predicted octanol–water partition coefficient (Wildman–Crippen LogP) is 0.834. The van der Waals surface area contributed by atoms with Gasteiger partial charge >= 0.3 is 7.12 Å². The summed E-state index contributed by atoms with van der Waals surface area (Å²) in [5.74, 6) is 0. The first-order chi connectivity index (χ1) is 7.27. The van der Waals surface area contributed by atoms with Gasteiger partial charge in [-0.05, 0) is 22.7 Å². The molecule has 2 aromatic carbocycles. The summed E-state index contributed by atoms with van der Waals surface area (Å²) in [6.07, 6.45) is 0. The van der Waals surface area contributed by atoms with Gasteiger partial charge in [0.1, 0.15) is 0 Å². The van der Waals surface area contributed by atoms with Gasteiger partial charge in [0.25, 0.3) is 0 Å². The molecule has 3 heteroatoms.